The van der Waals surface area contributed by atoms with Crippen molar-refractivity contribution in [3.05, 3.63) is 23.8 Å². The third kappa shape index (κ3) is 1.97. The van der Waals surface area contributed by atoms with Gasteiger partial charge in [0.2, 0.25) is 5.91 Å². The molecule has 0 saturated carbocycles. The molecule has 3 rings (SSSR count). The number of nitrogens with zero attached hydrogens (tertiary/aromatic N) is 2. The first-order valence-corrected chi connectivity index (χ1v) is 6.67. The first kappa shape index (κ1) is 12.8. The highest BCUT2D eigenvalue weighted by molar-refractivity contribution is 5.97. The van der Waals surface area contributed by atoms with E-state index in [1.165, 1.54) is 18.2 Å². The predicted molar refractivity (Wildman–Crippen MR) is 70.4 cm³/mol. The van der Waals surface area contributed by atoms with Gasteiger partial charge >= 0.3 is 0 Å². The molecule has 2 N–H and O–H groups in total. The molecule has 1 unspecified atom stereocenters. The third-order valence-electron chi connectivity index (χ3n) is 4.03. The van der Waals surface area contributed by atoms with Crippen LogP contribution in [0, 0.1) is 0 Å². The van der Waals surface area contributed by atoms with Crippen LogP contribution in [-0.2, 0) is 4.79 Å². The predicted octanol–water partition coefficient (Wildman–Crippen LogP) is 0.545. The fourth-order valence-electron chi connectivity index (χ4n) is 2.92. The molecule has 0 bridgehead atoms. The van der Waals surface area contributed by atoms with Gasteiger partial charge in [0.1, 0.15) is 0 Å². The Labute approximate surface area is 116 Å². The van der Waals surface area contributed by atoms with Gasteiger partial charge in [0.05, 0.1) is 5.56 Å². The van der Waals surface area contributed by atoms with E-state index in [0.717, 1.165) is 6.42 Å². The Kier molecular flexibility index (Phi) is 3.00. The van der Waals surface area contributed by atoms with Gasteiger partial charge in [0, 0.05) is 32.1 Å². The molecule has 20 heavy (non-hydrogen) atoms. The topological polar surface area (TPSA) is 81.1 Å². The number of carbonyl (C=O) groups excluding carboxylic acids is 2. The van der Waals surface area contributed by atoms with Crippen molar-refractivity contribution in [2.45, 2.75) is 18.9 Å². The number of piperazine rings is 1. The molecular formula is C14H16N2O4. The lowest BCUT2D eigenvalue weighted by molar-refractivity contribution is -0.130. The maximum Gasteiger partial charge on any atom is 0.257 e. The molecule has 0 aromatic heterocycles. The highest BCUT2D eigenvalue weighted by Gasteiger charge is 2.37. The lowest BCUT2D eigenvalue weighted by atomic mass is 10.1. The monoisotopic (exact) mass is 276 g/mol. The van der Waals surface area contributed by atoms with Gasteiger partial charge in [-0.3, -0.25) is 9.59 Å². The molecule has 1 atom stereocenters. The van der Waals surface area contributed by atoms with Crippen LogP contribution in [-0.4, -0.2) is 57.5 Å². The number of benzene rings is 1. The Morgan fingerprint density at radius 2 is 2.05 bits per heavy atom. The van der Waals surface area contributed by atoms with E-state index < -0.39 is 0 Å². The number of fused-ring (bicyclic) bond motifs is 1. The highest BCUT2D eigenvalue weighted by atomic mass is 16.3. The lowest BCUT2D eigenvalue weighted by Gasteiger charge is -2.37. The summed E-state index contributed by atoms with van der Waals surface area (Å²) < 4.78 is 0. The van der Waals surface area contributed by atoms with Gasteiger partial charge in [-0.05, 0) is 18.6 Å². The Morgan fingerprint density at radius 1 is 1.25 bits per heavy atom. The van der Waals surface area contributed by atoms with Crippen molar-refractivity contribution >= 4 is 11.8 Å². The minimum atomic E-state index is -0.387. The second kappa shape index (κ2) is 4.70. The number of para-hydroxylation sites is 1. The van der Waals surface area contributed by atoms with Gasteiger partial charge in [-0.15, -0.1) is 0 Å². The zero-order valence-corrected chi connectivity index (χ0v) is 11.0. The van der Waals surface area contributed by atoms with E-state index >= 15 is 0 Å². The van der Waals surface area contributed by atoms with Crippen molar-refractivity contribution in [1.82, 2.24) is 9.80 Å². The van der Waals surface area contributed by atoms with Gasteiger partial charge in [0.15, 0.2) is 11.5 Å². The SMILES string of the molecule is O=C(c1cccc(O)c1O)N1CCN2C(=O)CCC2C1. The van der Waals surface area contributed by atoms with E-state index in [1.54, 1.807) is 4.90 Å². The number of hydrogen-bond donors (Lipinski definition) is 2. The van der Waals surface area contributed by atoms with Crippen LogP contribution >= 0.6 is 0 Å². The molecule has 1 aromatic rings. The number of rotatable bonds is 1. The molecule has 1 aromatic carbocycles. The van der Waals surface area contributed by atoms with Crippen molar-refractivity contribution in [3.63, 3.8) is 0 Å². The zero-order chi connectivity index (χ0) is 14.3. The lowest BCUT2D eigenvalue weighted by Crippen LogP contribution is -2.53. The summed E-state index contributed by atoms with van der Waals surface area (Å²) in [7, 11) is 0. The van der Waals surface area contributed by atoms with Gasteiger partial charge in [-0.1, -0.05) is 6.07 Å². The summed E-state index contributed by atoms with van der Waals surface area (Å²) >= 11 is 0. The van der Waals surface area contributed by atoms with E-state index in [1.807, 2.05) is 4.90 Å². The summed E-state index contributed by atoms with van der Waals surface area (Å²) in [5.41, 5.74) is 0.0998. The van der Waals surface area contributed by atoms with Crippen LogP contribution in [0.1, 0.15) is 23.2 Å². The van der Waals surface area contributed by atoms with Crippen molar-refractivity contribution in [3.8, 4) is 11.5 Å². The molecule has 0 radical (unpaired) electrons. The summed E-state index contributed by atoms with van der Waals surface area (Å²) in [6, 6.07) is 4.43. The first-order valence-electron chi connectivity index (χ1n) is 6.67. The molecule has 2 saturated heterocycles. The zero-order valence-electron chi connectivity index (χ0n) is 11.0. The van der Waals surface area contributed by atoms with E-state index in [9.17, 15) is 19.8 Å². The van der Waals surface area contributed by atoms with Crippen LogP contribution in [0.3, 0.4) is 0 Å². The standard InChI is InChI=1S/C14H16N2O4/c17-11-3-1-2-10(13(11)19)14(20)15-6-7-16-9(8-15)4-5-12(16)18/h1-3,9,17,19H,4-8H2. The summed E-state index contributed by atoms with van der Waals surface area (Å²) in [6.45, 7) is 1.48. The molecule has 0 spiro atoms. The fraction of sp³-hybridized carbons (Fsp3) is 0.429. The normalized spacial score (nSPS) is 22.0. The van der Waals surface area contributed by atoms with Crippen molar-refractivity contribution < 1.29 is 19.8 Å². The Balaban J connectivity index is 1.79. The Bertz CT molecular complexity index is 572. The van der Waals surface area contributed by atoms with Gasteiger partial charge < -0.3 is 20.0 Å². The smallest absolute Gasteiger partial charge is 0.257 e. The first-order chi connectivity index (χ1) is 9.58. The van der Waals surface area contributed by atoms with Gasteiger partial charge in [-0.25, -0.2) is 0 Å². The van der Waals surface area contributed by atoms with Crippen molar-refractivity contribution in [2.75, 3.05) is 19.6 Å². The van der Waals surface area contributed by atoms with Crippen LogP contribution in [0.15, 0.2) is 18.2 Å². The van der Waals surface area contributed by atoms with Crippen LogP contribution < -0.4 is 0 Å². The second-order valence-corrected chi connectivity index (χ2v) is 5.20. The summed E-state index contributed by atoms with van der Waals surface area (Å²) in [5, 5.41) is 19.2. The summed E-state index contributed by atoms with van der Waals surface area (Å²) in [5.74, 6) is -0.840. The quantitative estimate of drug-likeness (QED) is 0.734. The molecule has 2 aliphatic heterocycles. The molecule has 0 aliphatic carbocycles. The molecule has 2 heterocycles. The average Bonchev–Trinajstić information content (AvgIpc) is 2.82. The van der Waals surface area contributed by atoms with Gasteiger partial charge in [-0.2, -0.15) is 0 Å². The Morgan fingerprint density at radius 3 is 2.85 bits per heavy atom. The van der Waals surface area contributed by atoms with Gasteiger partial charge in [0.25, 0.3) is 5.91 Å². The molecule has 2 amide bonds. The molecule has 2 aliphatic rings. The number of carbonyl (C=O) groups is 2. The fourth-order valence-corrected chi connectivity index (χ4v) is 2.92. The van der Waals surface area contributed by atoms with Crippen LogP contribution in [0.25, 0.3) is 0 Å². The third-order valence-corrected chi connectivity index (χ3v) is 4.03. The number of hydrogen-bond acceptors (Lipinski definition) is 4. The van der Waals surface area contributed by atoms with E-state index in [-0.39, 0.29) is 34.9 Å². The Hall–Kier alpha value is -2.24. The average molecular weight is 276 g/mol. The minimum Gasteiger partial charge on any atom is -0.504 e. The van der Waals surface area contributed by atoms with E-state index in [0.29, 0.717) is 26.1 Å². The van der Waals surface area contributed by atoms with E-state index in [2.05, 4.69) is 0 Å². The number of phenols is 2. The van der Waals surface area contributed by atoms with E-state index in [4.69, 9.17) is 0 Å². The maximum atomic E-state index is 12.4. The minimum absolute atomic E-state index is 0.0830. The molecule has 6 nitrogen and oxygen atoms in total. The van der Waals surface area contributed by atoms with Crippen LogP contribution in [0.2, 0.25) is 0 Å². The van der Waals surface area contributed by atoms with Crippen molar-refractivity contribution in [1.29, 1.82) is 0 Å². The molecule has 2 fully saturated rings. The summed E-state index contributed by atoms with van der Waals surface area (Å²) in [4.78, 5) is 27.5. The number of phenolic OH excluding ortho intramolecular Hbond substituents is 2. The highest BCUT2D eigenvalue weighted by Crippen LogP contribution is 2.30. The van der Waals surface area contributed by atoms with Crippen molar-refractivity contribution in [2.24, 2.45) is 0 Å². The number of aromatic hydroxyl groups is 2. The molecule has 6 heteroatoms. The molecular weight excluding hydrogens is 260 g/mol. The van der Waals surface area contributed by atoms with Crippen LogP contribution in [0.5, 0.6) is 11.5 Å². The van der Waals surface area contributed by atoms with Crippen LogP contribution in [0.4, 0.5) is 0 Å². The second-order valence-electron chi connectivity index (χ2n) is 5.20. The number of amides is 2. The largest absolute Gasteiger partial charge is 0.504 e. The summed E-state index contributed by atoms with van der Waals surface area (Å²) in [6.07, 6.45) is 1.32. The molecule has 106 valence electrons. The maximum absolute atomic E-state index is 12.4.